The summed E-state index contributed by atoms with van der Waals surface area (Å²) in [5.41, 5.74) is 11.6. The SMILES string of the molecule is Cc1cc(C#N)cc(C)c1C#CCN=[N+]=[N-]. The van der Waals surface area contributed by atoms with Gasteiger partial charge in [-0.15, -0.1) is 0 Å². The van der Waals surface area contributed by atoms with Gasteiger partial charge >= 0.3 is 0 Å². The van der Waals surface area contributed by atoms with Gasteiger partial charge in [0.1, 0.15) is 0 Å². The van der Waals surface area contributed by atoms with E-state index in [-0.39, 0.29) is 6.54 Å². The van der Waals surface area contributed by atoms with Gasteiger partial charge in [0.15, 0.2) is 0 Å². The molecule has 0 fully saturated rings. The maximum absolute atomic E-state index is 8.78. The minimum absolute atomic E-state index is 0.162. The first-order valence-corrected chi connectivity index (χ1v) is 4.70. The summed E-state index contributed by atoms with van der Waals surface area (Å²) < 4.78 is 0. The molecule has 1 aromatic rings. The van der Waals surface area contributed by atoms with Crippen molar-refractivity contribution in [2.45, 2.75) is 13.8 Å². The number of hydrogen-bond acceptors (Lipinski definition) is 2. The molecule has 78 valence electrons. The largest absolute Gasteiger partial charge is 0.192 e. The highest BCUT2D eigenvalue weighted by atomic mass is 15.1. The van der Waals surface area contributed by atoms with E-state index in [0.717, 1.165) is 16.7 Å². The molecule has 4 heteroatoms. The zero-order valence-electron chi connectivity index (χ0n) is 9.15. The molecule has 0 aliphatic rings. The minimum Gasteiger partial charge on any atom is -0.192 e. The van der Waals surface area contributed by atoms with Gasteiger partial charge in [0.05, 0.1) is 18.2 Å². The Morgan fingerprint density at radius 1 is 1.38 bits per heavy atom. The average molecular weight is 210 g/mol. The average Bonchev–Trinajstić information content (AvgIpc) is 2.26. The molecule has 1 rings (SSSR count). The van der Waals surface area contributed by atoms with E-state index in [2.05, 4.69) is 27.9 Å². The lowest BCUT2D eigenvalue weighted by molar-refractivity contribution is 1.25. The van der Waals surface area contributed by atoms with Crippen LogP contribution in [0.4, 0.5) is 0 Å². The summed E-state index contributed by atoms with van der Waals surface area (Å²) in [5.74, 6) is 5.71. The highest BCUT2D eigenvalue weighted by molar-refractivity contribution is 5.50. The van der Waals surface area contributed by atoms with Crippen LogP contribution in [-0.2, 0) is 0 Å². The van der Waals surface area contributed by atoms with Gasteiger partial charge in [-0.05, 0) is 42.6 Å². The Morgan fingerprint density at radius 3 is 2.50 bits per heavy atom. The molecule has 0 aliphatic heterocycles. The van der Waals surface area contributed by atoms with Crippen LogP contribution in [0, 0.1) is 37.0 Å². The molecule has 0 atom stereocenters. The van der Waals surface area contributed by atoms with Crippen LogP contribution in [0.1, 0.15) is 22.3 Å². The monoisotopic (exact) mass is 210 g/mol. The highest BCUT2D eigenvalue weighted by Crippen LogP contribution is 2.14. The first-order chi connectivity index (χ1) is 7.69. The fraction of sp³-hybridized carbons (Fsp3) is 0.250. The summed E-state index contributed by atoms with van der Waals surface area (Å²) in [6.45, 7) is 3.98. The highest BCUT2D eigenvalue weighted by Gasteiger charge is 2.01. The Labute approximate surface area is 94.1 Å². The maximum atomic E-state index is 8.78. The number of aryl methyl sites for hydroxylation is 2. The molecular weight excluding hydrogens is 200 g/mol. The topological polar surface area (TPSA) is 72.5 Å². The number of hydrogen-bond donors (Lipinski definition) is 0. The van der Waals surface area contributed by atoms with Gasteiger partial charge in [-0.25, -0.2) is 0 Å². The van der Waals surface area contributed by atoms with Gasteiger partial charge in [-0.1, -0.05) is 17.0 Å². The van der Waals surface area contributed by atoms with E-state index in [1.807, 2.05) is 13.8 Å². The molecule has 0 saturated heterocycles. The molecule has 0 unspecified atom stereocenters. The Hall–Kier alpha value is -2.42. The summed E-state index contributed by atoms with van der Waals surface area (Å²) in [7, 11) is 0. The van der Waals surface area contributed by atoms with Gasteiger partial charge < -0.3 is 0 Å². The van der Waals surface area contributed by atoms with Crippen LogP contribution in [0.3, 0.4) is 0 Å². The smallest absolute Gasteiger partial charge is 0.0991 e. The molecule has 0 spiro atoms. The van der Waals surface area contributed by atoms with Gasteiger partial charge in [0, 0.05) is 10.5 Å². The van der Waals surface area contributed by atoms with E-state index in [9.17, 15) is 0 Å². The fourth-order valence-electron chi connectivity index (χ4n) is 1.42. The Balaban J connectivity index is 3.09. The number of azide groups is 1. The standard InChI is InChI=1S/C12H10N4/c1-9-6-11(8-13)7-10(2)12(9)4-3-5-15-16-14/h6-7H,5H2,1-2H3. The van der Waals surface area contributed by atoms with Crippen molar-refractivity contribution in [3.05, 3.63) is 44.8 Å². The summed E-state index contributed by atoms with van der Waals surface area (Å²) in [4.78, 5) is 2.62. The van der Waals surface area contributed by atoms with Crippen molar-refractivity contribution in [3.63, 3.8) is 0 Å². The summed E-state index contributed by atoms with van der Waals surface area (Å²) >= 11 is 0. The van der Waals surface area contributed by atoms with Crippen LogP contribution in [0.5, 0.6) is 0 Å². The summed E-state index contributed by atoms with van der Waals surface area (Å²) in [6, 6.07) is 5.69. The lowest BCUT2D eigenvalue weighted by Crippen LogP contribution is -1.90. The summed E-state index contributed by atoms with van der Waals surface area (Å²) in [6.07, 6.45) is 0. The van der Waals surface area contributed by atoms with E-state index in [0.29, 0.717) is 5.56 Å². The van der Waals surface area contributed by atoms with Gasteiger partial charge in [-0.3, -0.25) is 0 Å². The van der Waals surface area contributed by atoms with E-state index in [1.54, 1.807) is 12.1 Å². The maximum Gasteiger partial charge on any atom is 0.0991 e. The Morgan fingerprint density at radius 2 is 2.00 bits per heavy atom. The van der Waals surface area contributed by atoms with E-state index in [1.165, 1.54) is 0 Å². The molecule has 4 nitrogen and oxygen atoms in total. The second-order valence-electron chi connectivity index (χ2n) is 3.29. The number of nitrogens with zero attached hydrogens (tertiary/aromatic N) is 4. The van der Waals surface area contributed by atoms with Crippen molar-refractivity contribution < 1.29 is 0 Å². The van der Waals surface area contributed by atoms with Crippen molar-refractivity contribution in [2.75, 3.05) is 6.54 Å². The van der Waals surface area contributed by atoms with Crippen LogP contribution in [0.25, 0.3) is 10.4 Å². The predicted molar refractivity (Wildman–Crippen MR) is 61.5 cm³/mol. The van der Waals surface area contributed by atoms with E-state index >= 15 is 0 Å². The molecule has 0 aromatic heterocycles. The quantitative estimate of drug-likeness (QED) is 0.304. The van der Waals surface area contributed by atoms with Crippen LogP contribution >= 0.6 is 0 Å². The third-order valence-electron chi connectivity index (χ3n) is 2.09. The van der Waals surface area contributed by atoms with E-state index in [4.69, 9.17) is 10.8 Å². The Kier molecular flexibility index (Phi) is 3.98. The normalized spacial score (nSPS) is 8.31. The van der Waals surface area contributed by atoms with Crippen LogP contribution in [0.15, 0.2) is 17.2 Å². The van der Waals surface area contributed by atoms with Crippen LogP contribution < -0.4 is 0 Å². The minimum atomic E-state index is 0.162. The van der Waals surface area contributed by atoms with Crippen LogP contribution in [-0.4, -0.2) is 6.54 Å². The predicted octanol–water partition coefficient (Wildman–Crippen LogP) is 2.84. The fourth-order valence-corrected chi connectivity index (χ4v) is 1.42. The molecule has 0 amide bonds. The van der Waals surface area contributed by atoms with Crippen LogP contribution in [0.2, 0.25) is 0 Å². The molecular formula is C12H10N4. The zero-order chi connectivity index (χ0) is 12.0. The van der Waals surface area contributed by atoms with Gasteiger partial charge in [0.25, 0.3) is 0 Å². The summed E-state index contributed by atoms with van der Waals surface area (Å²) in [5, 5.41) is 12.1. The Bertz CT molecular complexity index is 526. The van der Waals surface area contributed by atoms with Crippen molar-refractivity contribution in [3.8, 4) is 17.9 Å². The number of benzene rings is 1. The first-order valence-electron chi connectivity index (χ1n) is 4.70. The van der Waals surface area contributed by atoms with Crippen molar-refractivity contribution in [1.82, 2.24) is 0 Å². The molecule has 0 heterocycles. The molecule has 0 aliphatic carbocycles. The van der Waals surface area contributed by atoms with Crippen molar-refractivity contribution >= 4 is 0 Å². The third kappa shape index (κ3) is 2.78. The second kappa shape index (κ2) is 5.46. The molecule has 16 heavy (non-hydrogen) atoms. The molecule has 0 bridgehead atoms. The zero-order valence-corrected chi connectivity index (χ0v) is 9.15. The second-order valence-corrected chi connectivity index (χ2v) is 3.29. The molecule has 0 saturated carbocycles. The number of nitriles is 1. The third-order valence-corrected chi connectivity index (χ3v) is 2.09. The lowest BCUT2D eigenvalue weighted by atomic mass is 10.0. The molecule has 0 N–H and O–H groups in total. The lowest BCUT2D eigenvalue weighted by Gasteiger charge is -2.03. The van der Waals surface area contributed by atoms with Gasteiger partial charge in [0.2, 0.25) is 0 Å². The number of rotatable bonds is 1. The van der Waals surface area contributed by atoms with Gasteiger partial charge in [-0.2, -0.15) is 5.26 Å². The molecule has 1 aromatic carbocycles. The van der Waals surface area contributed by atoms with Crippen molar-refractivity contribution in [2.24, 2.45) is 5.11 Å². The van der Waals surface area contributed by atoms with Crippen molar-refractivity contribution in [1.29, 1.82) is 5.26 Å². The van der Waals surface area contributed by atoms with E-state index < -0.39 is 0 Å². The first kappa shape index (κ1) is 11.7. The molecule has 0 radical (unpaired) electrons.